The molecule has 2 aromatic rings. The predicted molar refractivity (Wildman–Crippen MR) is 74.6 cm³/mol. The molecule has 106 valence electrons. The van der Waals surface area contributed by atoms with Gasteiger partial charge in [0.25, 0.3) is 0 Å². The quantitative estimate of drug-likeness (QED) is 0.909. The minimum absolute atomic E-state index is 0.0632. The summed E-state index contributed by atoms with van der Waals surface area (Å²) in [5.74, 6) is -0.585. The molecule has 0 amide bonds. The van der Waals surface area contributed by atoms with E-state index in [0.717, 1.165) is 11.1 Å². The highest BCUT2D eigenvalue weighted by Gasteiger charge is 2.10. The van der Waals surface area contributed by atoms with E-state index in [1.165, 1.54) is 18.2 Å². The van der Waals surface area contributed by atoms with Crippen molar-refractivity contribution in [2.24, 2.45) is 5.73 Å². The molecule has 0 aliphatic rings. The molecule has 0 atom stereocenters. The maximum absolute atomic E-state index is 13.5. The summed E-state index contributed by atoms with van der Waals surface area (Å²) in [6.07, 6.45) is 0.663. The number of hydrogen-bond acceptors (Lipinski definition) is 2. The molecule has 2 aromatic carbocycles. The van der Waals surface area contributed by atoms with Crippen molar-refractivity contribution in [3.8, 4) is 5.75 Å². The number of ether oxygens (including phenoxy) is 1. The third kappa shape index (κ3) is 3.33. The Bertz CT molecular complexity index is 579. The average Bonchev–Trinajstić information content (AvgIpc) is 2.40. The summed E-state index contributed by atoms with van der Waals surface area (Å²) in [5, 5.41) is 0. The van der Waals surface area contributed by atoms with Crippen molar-refractivity contribution >= 4 is 0 Å². The topological polar surface area (TPSA) is 35.2 Å². The fourth-order valence-electron chi connectivity index (χ4n) is 2.02. The first-order chi connectivity index (χ1) is 9.61. The van der Waals surface area contributed by atoms with Gasteiger partial charge in [-0.1, -0.05) is 23.8 Å². The highest BCUT2D eigenvalue weighted by atomic mass is 19.1. The summed E-state index contributed by atoms with van der Waals surface area (Å²) in [6, 6.07) is 9.45. The van der Waals surface area contributed by atoms with Gasteiger partial charge in [0.05, 0.1) is 5.56 Å². The highest BCUT2D eigenvalue weighted by Crippen LogP contribution is 2.23. The van der Waals surface area contributed by atoms with Gasteiger partial charge in [-0.3, -0.25) is 0 Å². The van der Waals surface area contributed by atoms with Crippen molar-refractivity contribution in [2.75, 3.05) is 6.54 Å². The lowest BCUT2D eigenvalue weighted by molar-refractivity contribution is 0.289. The van der Waals surface area contributed by atoms with Crippen molar-refractivity contribution in [1.82, 2.24) is 0 Å². The Morgan fingerprint density at radius 2 is 1.80 bits per heavy atom. The summed E-state index contributed by atoms with van der Waals surface area (Å²) >= 11 is 0. The van der Waals surface area contributed by atoms with Crippen LogP contribution in [0.25, 0.3) is 0 Å². The van der Waals surface area contributed by atoms with Crippen LogP contribution >= 0.6 is 0 Å². The zero-order chi connectivity index (χ0) is 14.5. The molecule has 4 heteroatoms. The Hall–Kier alpha value is -1.94. The van der Waals surface area contributed by atoms with Gasteiger partial charge in [-0.2, -0.15) is 0 Å². The second-order valence-electron chi connectivity index (χ2n) is 4.64. The van der Waals surface area contributed by atoms with E-state index in [9.17, 15) is 8.78 Å². The first kappa shape index (κ1) is 14.5. The molecule has 0 aliphatic carbocycles. The Labute approximate surface area is 117 Å². The van der Waals surface area contributed by atoms with Gasteiger partial charge in [0, 0.05) is 0 Å². The first-order valence-corrected chi connectivity index (χ1v) is 6.47. The molecule has 2 N–H and O–H groups in total. The average molecular weight is 277 g/mol. The fourth-order valence-corrected chi connectivity index (χ4v) is 2.02. The van der Waals surface area contributed by atoms with Crippen LogP contribution in [0.3, 0.4) is 0 Å². The lowest BCUT2D eigenvalue weighted by Gasteiger charge is -2.12. The third-order valence-corrected chi connectivity index (χ3v) is 3.06. The Morgan fingerprint density at radius 3 is 2.45 bits per heavy atom. The molecule has 2 rings (SSSR count). The van der Waals surface area contributed by atoms with Crippen molar-refractivity contribution in [2.45, 2.75) is 20.0 Å². The predicted octanol–water partition coefficient (Wildman–Crippen LogP) is 3.35. The molecule has 20 heavy (non-hydrogen) atoms. The molecule has 0 radical (unpaired) electrons. The molecule has 0 aliphatic heterocycles. The summed E-state index contributed by atoms with van der Waals surface area (Å²) in [6.45, 7) is 2.33. The van der Waals surface area contributed by atoms with Crippen LogP contribution in [0.2, 0.25) is 0 Å². The largest absolute Gasteiger partial charge is 0.488 e. The van der Waals surface area contributed by atoms with Crippen LogP contribution in [0.4, 0.5) is 8.78 Å². The van der Waals surface area contributed by atoms with E-state index in [0.29, 0.717) is 18.7 Å². The lowest BCUT2D eigenvalue weighted by Crippen LogP contribution is -2.07. The van der Waals surface area contributed by atoms with Gasteiger partial charge in [-0.25, -0.2) is 8.78 Å². The second kappa shape index (κ2) is 6.48. The van der Waals surface area contributed by atoms with Crippen molar-refractivity contribution in [3.63, 3.8) is 0 Å². The van der Waals surface area contributed by atoms with E-state index in [4.69, 9.17) is 10.5 Å². The maximum atomic E-state index is 13.5. The number of benzene rings is 2. The van der Waals surface area contributed by atoms with Gasteiger partial charge in [-0.05, 0) is 43.7 Å². The molecular weight excluding hydrogens is 260 g/mol. The molecule has 0 bridgehead atoms. The smallest absolute Gasteiger partial charge is 0.132 e. The number of halogens is 2. The normalized spacial score (nSPS) is 10.6. The van der Waals surface area contributed by atoms with E-state index >= 15 is 0 Å². The van der Waals surface area contributed by atoms with E-state index in [1.807, 2.05) is 19.1 Å². The van der Waals surface area contributed by atoms with E-state index in [1.54, 1.807) is 6.07 Å². The fraction of sp³-hybridized carbons (Fsp3) is 0.250. The van der Waals surface area contributed by atoms with Gasteiger partial charge in [0.15, 0.2) is 0 Å². The SMILES string of the molecule is Cc1ccc(OCc2c(F)cccc2F)c(CCN)c1. The van der Waals surface area contributed by atoms with Gasteiger partial charge < -0.3 is 10.5 Å². The van der Waals surface area contributed by atoms with Crippen LogP contribution in [0.15, 0.2) is 36.4 Å². The van der Waals surface area contributed by atoms with Crippen molar-refractivity contribution in [1.29, 1.82) is 0 Å². The number of hydrogen-bond donors (Lipinski definition) is 1. The first-order valence-electron chi connectivity index (χ1n) is 6.47. The van der Waals surface area contributed by atoms with Crippen molar-refractivity contribution < 1.29 is 13.5 Å². The van der Waals surface area contributed by atoms with E-state index in [-0.39, 0.29) is 12.2 Å². The van der Waals surface area contributed by atoms with Crippen LogP contribution < -0.4 is 10.5 Å². The Morgan fingerprint density at radius 1 is 1.10 bits per heavy atom. The van der Waals surface area contributed by atoms with Gasteiger partial charge in [-0.15, -0.1) is 0 Å². The molecule has 0 heterocycles. The van der Waals surface area contributed by atoms with Crippen LogP contribution in [-0.2, 0) is 13.0 Å². The van der Waals surface area contributed by atoms with Gasteiger partial charge in [0.2, 0.25) is 0 Å². The molecule has 0 aromatic heterocycles. The molecule has 0 spiro atoms. The minimum Gasteiger partial charge on any atom is -0.488 e. The minimum atomic E-state index is -0.600. The highest BCUT2D eigenvalue weighted by molar-refractivity contribution is 5.37. The zero-order valence-electron chi connectivity index (χ0n) is 11.3. The molecule has 0 saturated heterocycles. The maximum Gasteiger partial charge on any atom is 0.132 e. The molecule has 0 unspecified atom stereocenters. The van der Waals surface area contributed by atoms with Gasteiger partial charge >= 0.3 is 0 Å². The second-order valence-corrected chi connectivity index (χ2v) is 4.64. The summed E-state index contributed by atoms with van der Waals surface area (Å²) in [5.41, 5.74) is 7.54. The number of aryl methyl sites for hydroxylation is 1. The molecule has 0 fully saturated rings. The number of rotatable bonds is 5. The monoisotopic (exact) mass is 277 g/mol. The Kier molecular flexibility index (Phi) is 4.69. The molecule has 0 saturated carbocycles. The zero-order valence-corrected chi connectivity index (χ0v) is 11.3. The van der Waals surface area contributed by atoms with E-state index < -0.39 is 11.6 Å². The summed E-state index contributed by atoms with van der Waals surface area (Å²) in [4.78, 5) is 0. The van der Waals surface area contributed by atoms with Crippen LogP contribution in [0.1, 0.15) is 16.7 Å². The van der Waals surface area contributed by atoms with Crippen molar-refractivity contribution in [3.05, 3.63) is 64.7 Å². The van der Waals surface area contributed by atoms with Crippen LogP contribution in [0, 0.1) is 18.6 Å². The third-order valence-electron chi connectivity index (χ3n) is 3.06. The van der Waals surface area contributed by atoms with Crippen LogP contribution in [-0.4, -0.2) is 6.54 Å². The number of nitrogens with two attached hydrogens (primary N) is 1. The standard InChI is InChI=1S/C16H17F2NO/c1-11-5-6-16(12(9-11)7-8-19)20-10-13-14(17)3-2-4-15(13)18/h2-6,9H,7-8,10,19H2,1H3. The van der Waals surface area contributed by atoms with Gasteiger partial charge in [0.1, 0.15) is 24.0 Å². The summed E-state index contributed by atoms with van der Waals surface area (Å²) in [7, 11) is 0. The molecular formula is C16H17F2NO. The van der Waals surface area contributed by atoms with E-state index in [2.05, 4.69) is 0 Å². The lowest BCUT2D eigenvalue weighted by atomic mass is 10.1. The Balaban J connectivity index is 2.18. The summed E-state index contributed by atoms with van der Waals surface area (Å²) < 4.78 is 32.6. The molecule has 2 nitrogen and oxygen atoms in total. The van der Waals surface area contributed by atoms with Crippen LogP contribution in [0.5, 0.6) is 5.75 Å².